The van der Waals surface area contributed by atoms with Crippen molar-refractivity contribution in [1.29, 1.82) is 0 Å². The molecule has 1 heterocycles. The van der Waals surface area contributed by atoms with Gasteiger partial charge in [-0.15, -0.1) is 0 Å². The van der Waals surface area contributed by atoms with E-state index in [1.807, 2.05) is 0 Å². The Labute approximate surface area is 111 Å². The fourth-order valence-corrected chi connectivity index (χ4v) is 1.66. The zero-order valence-electron chi connectivity index (χ0n) is 10.7. The summed E-state index contributed by atoms with van der Waals surface area (Å²) in [5.74, 6) is -1.00. The minimum Gasteiger partial charge on any atom is -0.282 e. The lowest BCUT2D eigenvalue weighted by molar-refractivity contribution is -0.138. The predicted molar refractivity (Wildman–Crippen MR) is 67.7 cm³/mol. The van der Waals surface area contributed by atoms with Crippen molar-refractivity contribution in [2.45, 2.75) is 19.8 Å². The summed E-state index contributed by atoms with van der Waals surface area (Å²) in [5.41, 5.74) is 0. The Balaban J connectivity index is 2.30. The summed E-state index contributed by atoms with van der Waals surface area (Å²) in [6, 6.07) is 0. The van der Waals surface area contributed by atoms with E-state index in [4.69, 9.17) is 0 Å². The van der Waals surface area contributed by atoms with Crippen LogP contribution in [0.1, 0.15) is 19.8 Å². The van der Waals surface area contributed by atoms with Crippen LogP contribution in [0.15, 0.2) is 24.3 Å². The maximum Gasteiger partial charge on any atom is 0.253 e. The normalized spacial score (nSPS) is 14.5. The Morgan fingerprint density at radius 2 is 1.89 bits per heavy atom. The lowest BCUT2D eigenvalue weighted by Crippen LogP contribution is -2.32. The van der Waals surface area contributed by atoms with Crippen LogP contribution < -0.4 is 0 Å². The van der Waals surface area contributed by atoms with Crippen molar-refractivity contribution in [3.8, 4) is 0 Å². The van der Waals surface area contributed by atoms with E-state index in [1.54, 1.807) is 13.0 Å². The van der Waals surface area contributed by atoms with Crippen molar-refractivity contribution in [1.82, 2.24) is 9.80 Å². The second kappa shape index (κ2) is 7.25. The van der Waals surface area contributed by atoms with Crippen LogP contribution in [0.2, 0.25) is 0 Å². The SMILES string of the molecule is C/C=C\C(=O)N(C=O)CCCCN1C(=O)C=CC1=O. The molecule has 102 valence electrons. The molecule has 1 rings (SSSR count). The first kappa shape index (κ1) is 14.8. The third kappa shape index (κ3) is 4.17. The molecule has 1 aliphatic rings. The molecule has 0 bridgehead atoms. The third-order valence-corrected chi connectivity index (χ3v) is 2.65. The first-order valence-corrected chi connectivity index (χ1v) is 6.02. The van der Waals surface area contributed by atoms with E-state index in [2.05, 4.69) is 0 Å². The number of imide groups is 2. The summed E-state index contributed by atoms with van der Waals surface area (Å²) in [6.07, 6.45) is 6.91. The van der Waals surface area contributed by atoms with Gasteiger partial charge >= 0.3 is 0 Å². The van der Waals surface area contributed by atoms with Gasteiger partial charge in [0.2, 0.25) is 6.41 Å². The van der Waals surface area contributed by atoms with Gasteiger partial charge in [-0.3, -0.25) is 29.0 Å². The molecule has 6 heteroatoms. The van der Waals surface area contributed by atoms with E-state index in [-0.39, 0.29) is 24.3 Å². The molecule has 0 aromatic heterocycles. The molecular weight excluding hydrogens is 248 g/mol. The van der Waals surface area contributed by atoms with Gasteiger partial charge in [0.15, 0.2) is 0 Å². The summed E-state index contributed by atoms with van der Waals surface area (Å²) >= 11 is 0. The highest BCUT2D eigenvalue weighted by Gasteiger charge is 2.22. The zero-order valence-corrected chi connectivity index (χ0v) is 10.7. The minimum absolute atomic E-state index is 0.274. The molecule has 0 N–H and O–H groups in total. The van der Waals surface area contributed by atoms with E-state index in [0.717, 1.165) is 9.80 Å². The van der Waals surface area contributed by atoms with Crippen molar-refractivity contribution >= 4 is 24.1 Å². The van der Waals surface area contributed by atoms with Crippen molar-refractivity contribution in [3.63, 3.8) is 0 Å². The van der Waals surface area contributed by atoms with Gasteiger partial charge in [0.05, 0.1) is 0 Å². The lowest BCUT2D eigenvalue weighted by atomic mass is 10.2. The van der Waals surface area contributed by atoms with E-state index >= 15 is 0 Å². The highest BCUT2D eigenvalue weighted by atomic mass is 16.2. The van der Waals surface area contributed by atoms with Crippen LogP contribution in [0.3, 0.4) is 0 Å². The number of unbranched alkanes of at least 4 members (excludes halogenated alkanes) is 1. The van der Waals surface area contributed by atoms with Crippen LogP contribution in [0, 0.1) is 0 Å². The first-order valence-electron chi connectivity index (χ1n) is 6.02. The number of carbonyl (C=O) groups is 4. The predicted octanol–water partition coefficient (Wildman–Crippen LogP) is 0.253. The highest BCUT2D eigenvalue weighted by molar-refractivity contribution is 6.12. The number of rotatable bonds is 7. The van der Waals surface area contributed by atoms with Gasteiger partial charge < -0.3 is 0 Å². The monoisotopic (exact) mass is 264 g/mol. The molecule has 0 aromatic carbocycles. The molecule has 0 saturated heterocycles. The largest absolute Gasteiger partial charge is 0.282 e. The van der Waals surface area contributed by atoms with Gasteiger partial charge in [-0.25, -0.2) is 0 Å². The number of nitrogens with zero attached hydrogens (tertiary/aromatic N) is 2. The van der Waals surface area contributed by atoms with Crippen LogP contribution in [0.25, 0.3) is 0 Å². The maximum absolute atomic E-state index is 11.4. The summed E-state index contributed by atoms with van der Waals surface area (Å²) < 4.78 is 0. The quantitative estimate of drug-likeness (QED) is 0.286. The second-order valence-electron chi connectivity index (χ2n) is 4.01. The second-order valence-corrected chi connectivity index (χ2v) is 4.01. The van der Waals surface area contributed by atoms with Gasteiger partial charge in [0.1, 0.15) is 0 Å². The third-order valence-electron chi connectivity index (χ3n) is 2.65. The van der Waals surface area contributed by atoms with Crippen LogP contribution in [0.5, 0.6) is 0 Å². The molecule has 0 aromatic rings. The van der Waals surface area contributed by atoms with Crippen molar-refractivity contribution in [3.05, 3.63) is 24.3 Å². The Morgan fingerprint density at radius 1 is 1.26 bits per heavy atom. The molecule has 19 heavy (non-hydrogen) atoms. The lowest BCUT2D eigenvalue weighted by Gasteiger charge is -2.16. The number of amides is 4. The molecule has 0 fully saturated rings. The molecule has 0 spiro atoms. The standard InChI is InChI=1S/C13H16N2O4/c1-2-5-11(17)14(10-16)8-3-4-9-15-12(18)6-7-13(15)19/h2,5-7,10H,3-4,8-9H2,1H3/b5-2-. The van der Waals surface area contributed by atoms with E-state index in [1.165, 1.54) is 18.2 Å². The van der Waals surface area contributed by atoms with Crippen molar-refractivity contribution < 1.29 is 19.2 Å². The van der Waals surface area contributed by atoms with Crippen LogP contribution in [-0.2, 0) is 19.2 Å². The number of carbonyl (C=O) groups excluding carboxylic acids is 4. The fourth-order valence-electron chi connectivity index (χ4n) is 1.66. The first-order chi connectivity index (χ1) is 9.10. The molecule has 0 atom stereocenters. The molecule has 4 amide bonds. The Bertz CT molecular complexity index is 422. The minimum atomic E-state index is -0.368. The molecule has 1 aliphatic heterocycles. The van der Waals surface area contributed by atoms with Gasteiger partial charge in [-0.2, -0.15) is 0 Å². The smallest absolute Gasteiger partial charge is 0.253 e. The van der Waals surface area contributed by atoms with Crippen molar-refractivity contribution in [2.24, 2.45) is 0 Å². The van der Waals surface area contributed by atoms with Gasteiger partial charge in [-0.05, 0) is 25.8 Å². The van der Waals surface area contributed by atoms with Gasteiger partial charge in [0, 0.05) is 25.2 Å². The molecule has 6 nitrogen and oxygen atoms in total. The maximum atomic E-state index is 11.4. The average Bonchev–Trinajstić information content (AvgIpc) is 2.70. The topological polar surface area (TPSA) is 74.8 Å². The van der Waals surface area contributed by atoms with Crippen LogP contribution in [-0.4, -0.2) is 47.0 Å². The summed E-state index contributed by atoms with van der Waals surface area (Å²) in [6.45, 7) is 2.27. The Hall–Kier alpha value is -2.24. The molecule has 0 unspecified atom stereocenters. The van der Waals surface area contributed by atoms with Gasteiger partial charge in [0.25, 0.3) is 17.7 Å². The van der Waals surface area contributed by atoms with E-state index in [0.29, 0.717) is 25.8 Å². The van der Waals surface area contributed by atoms with Gasteiger partial charge in [-0.1, -0.05) is 6.08 Å². The number of allylic oxidation sites excluding steroid dienone is 1. The summed E-state index contributed by atoms with van der Waals surface area (Å²) in [5, 5.41) is 0. The average molecular weight is 264 g/mol. The van der Waals surface area contributed by atoms with E-state index in [9.17, 15) is 19.2 Å². The molecular formula is C13H16N2O4. The molecule has 0 aliphatic carbocycles. The molecule has 0 saturated carbocycles. The summed E-state index contributed by atoms with van der Waals surface area (Å²) in [4.78, 5) is 46.8. The zero-order chi connectivity index (χ0) is 14.3. The summed E-state index contributed by atoms with van der Waals surface area (Å²) in [7, 11) is 0. The fraction of sp³-hybridized carbons (Fsp3) is 0.385. The molecule has 0 radical (unpaired) electrons. The number of hydrogen-bond acceptors (Lipinski definition) is 4. The highest BCUT2D eigenvalue weighted by Crippen LogP contribution is 2.06. The van der Waals surface area contributed by atoms with Crippen LogP contribution >= 0.6 is 0 Å². The Kier molecular flexibility index (Phi) is 5.66. The van der Waals surface area contributed by atoms with E-state index < -0.39 is 0 Å². The van der Waals surface area contributed by atoms with Crippen LogP contribution in [0.4, 0.5) is 0 Å². The Morgan fingerprint density at radius 3 is 2.42 bits per heavy atom. The van der Waals surface area contributed by atoms with Crippen molar-refractivity contribution in [2.75, 3.05) is 13.1 Å². The number of hydrogen-bond donors (Lipinski definition) is 0.